The molecule has 2 rings (SSSR count). The van der Waals surface area contributed by atoms with Crippen LogP contribution in [-0.2, 0) is 26.2 Å². The molecule has 1 N–H and O–H groups in total. The fraction of sp³-hybridized carbons (Fsp3) is 0.481. The van der Waals surface area contributed by atoms with Crippen LogP contribution in [0.15, 0.2) is 48.5 Å². The summed E-state index contributed by atoms with van der Waals surface area (Å²) >= 11 is 0. The van der Waals surface area contributed by atoms with E-state index in [0.717, 1.165) is 11.8 Å². The molecule has 0 aliphatic rings. The number of rotatable bonds is 11. The number of aryl methyl sites for hydroxylation is 1. The first kappa shape index (κ1) is 29.3. The van der Waals surface area contributed by atoms with Crippen molar-refractivity contribution < 1.29 is 22.4 Å². The average Bonchev–Trinajstić information content (AvgIpc) is 2.76. The van der Waals surface area contributed by atoms with Gasteiger partial charge in [-0.2, -0.15) is 0 Å². The molecule has 2 aromatic rings. The molecular formula is C27H38FN3O4S. The first-order chi connectivity index (χ1) is 16.7. The Labute approximate surface area is 214 Å². The summed E-state index contributed by atoms with van der Waals surface area (Å²) in [4.78, 5) is 28.0. The Morgan fingerprint density at radius 3 is 2.19 bits per heavy atom. The first-order valence-electron chi connectivity index (χ1n) is 12.1. The summed E-state index contributed by atoms with van der Waals surface area (Å²) in [6.45, 7) is 9.55. The van der Waals surface area contributed by atoms with Crippen LogP contribution in [0.25, 0.3) is 0 Å². The monoisotopic (exact) mass is 519 g/mol. The van der Waals surface area contributed by atoms with Crippen LogP contribution in [0, 0.1) is 12.7 Å². The lowest BCUT2D eigenvalue weighted by Gasteiger charge is -2.33. The van der Waals surface area contributed by atoms with Crippen LogP contribution < -0.4 is 9.62 Å². The number of halogens is 1. The van der Waals surface area contributed by atoms with Gasteiger partial charge in [-0.15, -0.1) is 0 Å². The number of sulfonamides is 1. The number of nitrogens with one attached hydrogen (secondary N) is 1. The highest BCUT2D eigenvalue weighted by atomic mass is 32.2. The molecule has 36 heavy (non-hydrogen) atoms. The molecule has 2 amide bonds. The van der Waals surface area contributed by atoms with Crippen molar-refractivity contribution in [3.05, 3.63) is 65.5 Å². The van der Waals surface area contributed by atoms with E-state index in [-0.39, 0.29) is 43.6 Å². The number of hydrogen-bond donors (Lipinski definition) is 1. The Balaban J connectivity index is 2.24. The van der Waals surface area contributed by atoms with Crippen molar-refractivity contribution >= 4 is 27.5 Å². The maximum atomic E-state index is 13.4. The lowest BCUT2D eigenvalue weighted by atomic mass is 10.0. The summed E-state index contributed by atoms with van der Waals surface area (Å²) in [5, 5.41) is 2.94. The van der Waals surface area contributed by atoms with Crippen molar-refractivity contribution in [1.29, 1.82) is 0 Å². The van der Waals surface area contributed by atoms with Crippen molar-refractivity contribution in [2.24, 2.45) is 0 Å². The predicted molar refractivity (Wildman–Crippen MR) is 142 cm³/mol. The number of carbonyl (C=O) groups excluding carboxylic acids is 2. The SMILES string of the molecule is CC[C@H](C(=O)NC(C)(C)C)N(Cc1ccc(F)cc1)C(=O)CCCN(c1ccccc1C)S(C)(=O)=O. The summed E-state index contributed by atoms with van der Waals surface area (Å²) in [6, 6.07) is 12.3. The predicted octanol–water partition coefficient (Wildman–Crippen LogP) is 4.40. The van der Waals surface area contributed by atoms with E-state index in [9.17, 15) is 22.4 Å². The molecule has 0 spiro atoms. The van der Waals surface area contributed by atoms with Crippen LogP contribution in [0.2, 0.25) is 0 Å². The number of carbonyl (C=O) groups is 2. The molecule has 0 fully saturated rings. The van der Waals surface area contributed by atoms with E-state index in [0.29, 0.717) is 17.7 Å². The van der Waals surface area contributed by atoms with Crippen LogP contribution in [-0.4, -0.2) is 49.5 Å². The molecule has 0 unspecified atom stereocenters. The Hall–Kier alpha value is -2.94. The molecule has 2 aromatic carbocycles. The fourth-order valence-corrected chi connectivity index (χ4v) is 5.01. The molecule has 9 heteroatoms. The Morgan fingerprint density at radius 1 is 1.06 bits per heavy atom. The molecule has 0 heterocycles. The number of hydrogen-bond acceptors (Lipinski definition) is 4. The van der Waals surface area contributed by atoms with E-state index in [2.05, 4.69) is 5.32 Å². The highest BCUT2D eigenvalue weighted by molar-refractivity contribution is 7.92. The van der Waals surface area contributed by atoms with Gasteiger partial charge in [0.05, 0.1) is 11.9 Å². The molecule has 0 radical (unpaired) electrons. The smallest absolute Gasteiger partial charge is 0.243 e. The minimum atomic E-state index is -3.56. The fourth-order valence-electron chi connectivity index (χ4n) is 3.98. The van der Waals surface area contributed by atoms with Crippen molar-refractivity contribution in [2.45, 2.75) is 72.0 Å². The summed E-state index contributed by atoms with van der Waals surface area (Å²) in [5.74, 6) is -0.919. The summed E-state index contributed by atoms with van der Waals surface area (Å²) in [6.07, 6.45) is 1.87. The molecule has 0 saturated heterocycles. The highest BCUT2D eigenvalue weighted by Crippen LogP contribution is 2.23. The molecular weight excluding hydrogens is 481 g/mol. The van der Waals surface area contributed by atoms with Crippen LogP contribution in [0.4, 0.5) is 10.1 Å². The second-order valence-corrected chi connectivity index (χ2v) is 11.9. The third-order valence-corrected chi connectivity index (χ3v) is 6.87. The Bertz CT molecular complexity index is 1140. The van der Waals surface area contributed by atoms with Crippen LogP contribution >= 0.6 is 0 Å². The minimum absolute atomic E-state index is 0.0540. The van der Waals surface area contributed by atoms with Gasteiger partial charge in [0.1, 0.15) is 11.9 Å². The molecule has 1 atom stereocenters. The van der Waals surface area contributed by atoms with Gasteiger partial charge in [0.15, 0.2) is 0 Å². The van der Waals surface area contributed by atoms with Crippen molar-refractivity contribution in [3.8, 4) is 0 Å². The van der Waals surface area contributed by atoms with Gasteiger partial charge < -0.3 is 10.2 Å². The number of amides is 2. The quantitative estimate of drug-likeness (QED) is 0.477. The minimum Gasteiger partial charge on any atom is -0.350 e. The van der Waals surface area contributed by atoms with Gasteiger partial charge in [-0.05, 0) is 69.9 Å². The Morgan fingerprint density at radius 2 is 1.67 bits per heavy atom. The van der Waals surface area contributed by atoms with Crippen molar-refractivity contribution in [1.82, 2.24) is 10.2 Å². The van der Waals surface area contributed by atoms with E-state index in [1.807, 2.05) is 46.8 Å². The zero-order valence-electron chi connectivity index (χ0n) is 22.0. The summed E-state index contributed by atoms with van der Waals surface area (Å²) in [5.41, 5.74) is 1.62. The van der Waals surface area contributed by atoms with E-state index in [1.165, 1.54) is 21.3 Å². The molecule has 7 nitrogen and oxygen atoms in total. The number of para-hydroxylation sites is 1. The van der Waals surface area contributed by atoms with Gasteiger partial charge in [-0.3, -0.25) is 13.9 Å². The number of anilines is 1. The van der Waals surface area contributed by atoms with E-state index in [4.69, 9.17) is 0 Å². The molecule has 0 bridgehead atoms. The van der Waals surface area contributed by atoms with Crippen LogP contribution in [0.3, 0.4) is 0 Å². The number of nitrogens with zero attached hydrogens (tertiary/aromatic N) is 2. The van der Waals surface area contributed by atoms with Gasteiger partial charge in [-0.25, -0.2) is 12.8 Å². The zero-order valence-corrected chi connectivity index (χ0v) is 22.9. The molecule has 0 aliphatic heterocycles. The van der Waals surface area contributed by atoms with Crippen molar-refractivity contribution in [2.75, 3.05) is 17.1 Å². The maximum absolute atomic E-state index is 13.4. The molecule has 0 saturated carbocycles. The molecule has 0 aromatic heterocycles. The highest BCUT2D eigenvalue weighted by Gasteiger charge is 2.30. The van der Waals surface area contributed by atoms with Crippen LogP contribution in [0.5, 0.6) is 0 Å². The molecule has 198 valence electrons. The van der Waals surface area contributed by atoms with E-state index < -0.39 is 21.6 Å². The summed E-state index contributed by atoms with van der Waals surface area (Å²) in [7, 11) is -3.56. The maximum Gasteiger partial charge on any atom is 0.243 e. The van der Waals surface area contributed by atoms with Gasteiger partial charge in [0.2, 0.25) is 21.8 Å². The average molecular weight is 520 g/mol. The lowest BCUT2D eigenvalue weighted by Crippen LogP contribution is -2.53. The Kier molecular flexibility index (Phi) is 10.0. The van der Waals surface area contributed by atoms with E-state index in [1.54, 1.807) is 24.3 Å². The summed E-state index contributed by atoms with van der Waals surface area (Å²) < 4.78 is 39.7. The standard InChI is InChI=1S/C27H38FN3O4S/c1-7-23(26(33)29-27(3,4)5)30(19-21-14-16-22(28)17-15-21)25(32)13-10-18-31(36(6,34)35)24-12-9-8-11-20(24)2/h8-9,11-12,14-17,23H,7,10,13,18-19H2,1-6H3,(H,29,33)/t23-/m1/s1. The van der Waals surface area contributed by atoms with Gasteiger partial charge in [-0.1, -0.05) is 37.3 Å². The van der Waals surface area contributed by atoms with Gasteiger partial charge >= 0.3 is 0 Å². The normalized spacial score (nSPS) is 12.6. The van der Waals surface area contributed by atoms with Gasteiger partial charge in [0.25, 0.3) is 0 Å². The van der Waals surface area contributed by atoms with Gasteiger partial charge in [0, 0.05) is 25.0 Å². The topological polar surface area (TPSA) is 86.8 Å². The second kappa shape index (κ2) is 12.3. The third-order valence-electron chi connectivity index (χ3n) is 5.69. The largest absolute Gasteiger partial charge is 0.350 e. The third kappa shape index (κ3) is 8.62. The lowest BCUT2D eigenvalue weighted by molar-refractivity contribution is -0.142. The van der Waals surface area contributed by atoms with E-state index >= 15 is 0 Å². The molecule has 0 aliphatic carbocycles. The number of benzene rings is 2. The van der Waals surface area contributed by atoms with Crippen LogP contribution in [0.1, 0.15) is 58.1 Å². The first-order valence-corrected chi connectivity index (χ1v) is 14.0. The van der Waals surface area contributed by atoms with Crippen molar-refractivity contribution in [3.63, 3.8) is 0 Å². The second-order valence-electron chi connectivity index (χ2n) is 10.0. The zero-order chi connectivity index (χ0) is 27.1.